The van der Waals surface area contributed by atoms with E-state index in [9.17, 15) is 14.3 Å². The van der Waals surface area contributed by atoms with Gasteiger partial charge in [-0.1, -0.05) is 0 Å². The van der Waals surface area contributed by atoms with Gasteiger partial charge in [-0.3, -0.25) is 4.79 Å². The lowest BCUT2D eigenvalue weighted by molar-refractivity contribution is 0.0535. The van der Waals surface area contributed by atoms with Gasteiger partial charge in [-0.15, -0.1) is 0 Å². The maximum Gasteiger partial charge on any atom is 0.197 e. The fourth-order valence-corrected chi connectivity index (χ4v) is 3.57. The molecule has 3 aromatic rings. The number of furan rings is 1. The Bertz CT molecular complexity index is 1050. The van der Waals surface area contributed by atoms with E-state index in [-0.39, 0.29) is 12.4 Å². The van der Waals surface area contributed by atoms with Gasteiger partial charge in [0.05, 0.1) is 12.2 Å². The summed E-state index contributed by atoms with van der Waals surface area (Å²) in [4.78, 5) is 13.1. The number of fused-ring (bicyclic) bond motifs is 4. The van der Waals surface area contributed by atoms with Crippen LogP contribution in [0, 0.1) is 5.82 Å². The van der Waals surface area contributed by atoms with Gasteiger partial charge in [-0.2, -0.15) is 0 Å². The van der Waals surface area contributed by atoms with Crippen LogP contribution in [-0.4, -0.2) is 35.3 Å². The van der Waals surface area contributed by atoms with Gasteiger partial charge in [0.25, 0.3) is 0 Å². The molecule has 1 atom stereocenters. The van der Waals surface area contributed by atoms with Crippen molar-refractivity contribution in [2.45, 2.75) is 25.4 Å². The van der Waals surface area contributed by atoms with E-state index in [4.69, 9.17) is 14.3 Å². The number of aliphatic hydroxyl groups is 2. The number of aliphatic hydroxyl groups excluding tert-OH is 2. The number of hydrogen-bond acceptors (Lipinski definition) is 5. The molecule has 1 aliphatic carbocycles. The highest BCUT2D eigenvalue weighted by Gasteiger charge is 2.41. The van der Waals surface area contributed by atoms with E-state index < -0.39 is 23.9 Å². The van der Waals surface area contributed by atoms with E-state index in [0.29, 0.717) is 33.6 Å². The summed E-state index contributed by atoms with van der Waals surface area (Å²) in [5.41, 5.74) is 1.47. The minimum Gasteiger partial charge on any atom is -0.491 e. The van der Waals surface area contributed by atoms with E-state index in [0.717, 1.165) is 5.56 Å². The lowest BCUT2D eigenvalue weighted by Crippen LogP contribution is -2.29. The standard InChI is InChI=1S/C21H19FO5/c1-21(2)16-8-13(26-10-12(24)9-23)4-5-14(16)19(25)18-15-7-11(22)3-6-17(15)27-20(18)21/h3-8,12,23-24H,9-10H2,1-2H3/t12-/m1/s1. The van der Waals surface area contributed by atoms with Crippen LogP contribution >= 0.6 is 0 Å². The molecule has 0 saturated carbocycles. The van der Waals surface area contributed by atoms with Crippen molar-refractivity contribution >= 4 is 16.8 Å². The molecule has 5 nitrogen and oxygen atoms in total. The molecule has 2 N–H and O–H groups in total. The molecule has 27 heavy (non-hydrogen) atoms. The Morgan fingerprint density at radius 3 is 2.74 bits per heavy atom. The Hall–Kier alpha value is -2.70. The highest BCUT2D eigenvalue weighted by Crippen LogP contribution is 2.46. The largest absolute Gasteiger partial charge is 0.491 e. The number of hydrogen-bond donors (Lipinski definition) is 2. The second kappa shape index (κ2) is 6.18. The first kappa shape index (κ1) is 17.7. The Labute approximate surface area is 155 Å². The maximum absolute atomic E-state index is 13.7. The summed E-state index contributed by atoms with van der Waals surface area (Å²) < 4.78 is 25.2. The summed E-state index contributed by atoms with van der Waals surface area (Å²) in [5.74, 6) is 0.334. The summed E-state index contributed by atoms with van der Waals surface area (Å²) in [5, 5.41) is 18.8. The second-order valence-corrected chi connectivity index (χ2v) is 7.26. The number of carbonyl (C=O) groups excluding carboxylic acids is 1. The topological polar surface area (TPSA) is 79.9 Å². The maximum atomic E-state index is 13.7. The third-order valence-electron chi connectivity index (χ3n) is 5.01. The van der Waals surface area contributed by atoms with Crippen LogP contribution in [0.2, 0.25) is 0 Å². The van der Waals surface area contributed by atoms with Crippen LogP contribution in [0.4, 0.5) is 4.39 Å². The van der Waals surface area contributed by atoms with Gasteiger partial charge < -0.3 is 19.4 Å². The van der Waals surface area contributed by atoms with Crippen molar-refractivity contribution < 1.29 is 28.6 Å². The third kappa shape index (κ3) is 2.72. The molecule has 0 saturated heterocycles. The lowest BCUT2D eigenvalue weighted by Gasteiger charge is -2.31. The summed E-state index contributed by atoms with van der Waals surface area (Å²) in [6.07, 6.45) is -0.979. The van der Waals surface area contributed by atoms with Crippen LogP contribution < -0.4 is 4.74 Å². The smallest absolute Gasteiger partial charge is 0.197 e. The van der Waals surface area contributed by atoms with Crippen molar-refractivity contribution in [3.8, 4) is 5.75 Å². The van der Waals surface area contributed by atoms with E-state index >= 15 is 0 Å². The van der Waals surface area contributed by atoms with Gasteiger partial charge in [-0.25, -0.2) is 4.39 Å². The number of ketones is 1. The van der Waals surface area contributed by atoms with Crippen LogP contribution in [0.15, 0.2) is 40.8 Å². The Balaban J connectivity index is 1.83. The molecule has 4 rings (SSSR count). The van der Waals surface area contributed by atoms with Crippen LogP contribution in [-0.2, 0) is 5.41 Å². The quantitative estimate of drug-likeness (QED) is 0.737. The molecule has 6 heteroatoms. The van der Waals surface area contributed by atoms with Crippen molar-refractivity contribution in [1.29, 1.82) is 0 Å². The predicted octanol–water partition coefficient (Wildman–Crippen LogP) is 3.17. The molecular weight excluding hydrogens is 351 g/mol. The molecule has 140 valence electrons. The summed E-state index contributed by atoms with van der Waals surface area (Å²) in [6, 6.07) is 9.21. The molecule has 0 amide bonds. The van der Waals surface area contributed by atoms with Gasteiger partial charge in [0.1, 0.15) is 35.6 Å². The van der Waals surface area contributed by atoms with E-state index in [2.05, 4.69) is 0 Å². The zero-order chi connectivity index (χ0) is 19.3. The van der Waals surface area contributed by atoms with Crippen LogP contribution in [0.3, 0.4) is 0 Å². The molecular formula is C21H19FO5. The van der Waals surface area contributed by atoms with Crippen molar-refractivity contribution in [1.82, 2.24) is 0 Å². The molecule has 1 aromatic heterocycles. The summed E-state index contributed by atoms with van der Waals surface area (Å²) in [6.45, 7) is 3.41. The molecule has 0 aliphatic heterocycles. The van der Waals surface area contributed by atoms with Crippen LogP contribution in [0.5, 0.6) is 5.75 Å². The molecule has 0 radical (unpaired) electrons. The Morgan fingerprint density at radius 1 is 1.22 bits per heavy atom. The first-order valence-corrected chi connectivity index (χ1v) is 8.66. The minimum absolute atomic E-state index is 0.0567. The van der Waals surface area contributed by atoms with Crippen molar-refractivity contribution in [2.24, 2.45) is 0 Å². The SMILES string of the molecule is CC1(C)c2cc(OC[C@H](O)CO)ccc2C(=O)c2c1oc1ccc(F)cc21. The molecule has 0 bridgehead atoms. The molecule has 2 aromatic carbocycles. The molecule has 0 fully saturated rings. The molecule has 0 unspecified atom stereocenters. The monoisotopic (exact) mass is 370 g/mol. The zero-order valence-electron chi connectivity index (χ0n) is 15.0. The second-order valence-electron chi connectivity index (χ2n) is 7.26. The van der Waals surface area contributed by atoms with Crippen molar-refractivity contribution in [2.75, 3.05) is 13.2 Å². The average molecular weight is 370 g/mol. The first-order chi connectivity index (χ1) is 12.8. The number of benzene rings is 2. The van der Waals surface area contributed by atoms with Gasteiger partial charge >= 0.3 is 0 Å². The Kier molecular flexibility index (Phi) is 4.05. The number of carbonyl (C=O) groups is 1. The highest BCUT2D eigenvalue weighted by molar-refractivity contribution is 6.19. The Morgan fingerprint density at radius 2 is 2.00 bits per heavy atom. The lowest BCUT2D eigenvalue weighted by atomic mass is 9.71. The molecule has 0 spiro atoms. The van der Waals surface area contributed by atoms with Gasteiger partial charge in [-0.05, 0) is 55.8 Å². The van der Waals surface area contributed by atoms with Crippen molar-refractivity contribution in [3.63, 3.8) is 0 Å². The van der Waals surface area contributed by atoms with E-state index in [1.807, 2.05) is 13.8 Å². The number of rotatable bonds is 4. The highest BCUT2D eigenvalue weighted by atomic mass is 19.1. The fourth-order valence-electron chi connectivity index (χ4n) is 3.57. The van der Waals surface area contributed by atoms with Crippen LogP contribution in [0.25, 0.3) is 11.0 Å². The molecule has 1 heterocycles. The third-order valence-corrected chi connectivity index (χ3v) is 5.01. The zero-order valence-corrected chi connectivity index (χ0v) is 15.0. The van der Waals surface area contributed by atoms with Crippen LogP contribution in [0.1, 0.15) is 41.1 Å². The molecule has 1 aliphatic rings. The van der Waals surface area contributed by atoms with E-state index in [1.165, 1.54) is 18.2 Å². The van der Waals surface area contributed by atoms with Crippen molar-refractivity contribution in [3.05, 3.63) is 64.7 Å². The minimum atomic E-state index is -0.979. The normalized spacial score (nSPS) is 16.1. The summed E-state index contributed by atoms with van der Waals surface area (Å²) in [7, 11) is 0. The first-order valence-electron chi connectivity index (χ1n) is 8.66. The van der Waals surface area contributed by atoms with E-state index in [1.54, 1.807) is 18.2 Å². The van der Waals surface area contributed by atoms with Gasteiger partial charge in [0.2, 0.25) is 0 Å². The fraction of sp³-hybridized carbons (Fsp3) is 0.286. The van der Waals surface area contributed by atoms with Gasteiger partial charge in [0, 0.05) is 16.4 Å². The number of halogens is 1. The predicted molar refractivity (Wildman–Crippen MR) is 96.8 cm³/mol. The number of ether oxygens (including phenoxy) is 1. The average Bonchev–Trinajstić information content (AvgIpc) is 3.04. The summed E-state index contributed by atoms with van der Waals surface area (Å²) >= 11 is 0. The van der Waals surface area contributed by atoms with Gasteiger partial charge in [0.15, 0.2) is 5.78 Å².